The quantitative estimate of drug-likeness (QED) is 0.545. The second-order valence-electron chi connectivity index (χ2n) is 4.39. The van der Waals surface area contributed by atoms with Crippen LogP contribution in [0.25, 0.3) is 0 Å². The van der Waals surface area contributed by atoms with Crippen LogP contribution in [0, 0.1) is 5.41 Å². The maximum absolute atomic E-state index is 2.28. The van der Waals surface area contributed by atoms with Gasteiger partial charge in [0, 0.05) is 5.75 Å². The molecule has 1 heterocycles. The fraction of sp³-hybridized carbons (Fsp3) is 0.636. The lowest BCUT2D eigenvalue weighted by molar-refractivity contribution is 0.533. The third-order valence-electron chi connectivity index (χ3n) is 2.01. The topological polar surface area (TPSA) is 0 Å². The van der Waals surface area contributed by atoms with Crippen LogP contribution in [0.4, 0.5) is 0 Å². The van der Waals surface area contributed by atoms with Crippen molar-refractivity contribution in [2.45, 2.75) is 34.1 Å². The Hall–Kier alpha value is -0.170. The van der Waals surface area contributed by atoms with Gasteiger partial charge in [0.25, 0.3) is 0 Å². The second kappa shape index (κ2) is 3.69. The minimum Gasteiger partial charge on any atom is -0.130 e. The molecule has 0 saturated carbocycles. The molecule has 0 amide bonds. The molecule has 0 aliphatic carbocycles. The monoisotopic (exact) mass is 182 g/mol. The minimum atomic E-state index is 0.325. The standard InChI is InChI=1S/C11H18S/c1-9-5-6-10(11(2,3)4)12-8-7-9/h5-6H,7-8H2,1-4H3. The van der Waals surface area contributed by atoms with Crippen LogP contribution in [0.5, 0.6) is 0 Å². The first-order valence-corrected chi connectivity index (χ1v) is 5.49. The molecule has 0 saturated heterocycles. The molecule has 0 spiro atoms. The van der Waals surface area contributed by atoms with Gasteiger partial charge in [-0.15, -0.1) is 11.8 Å². The van der Waals surface area contributed by atoms with Crippen molar-refractivity contribution < 1.29 is 0 Å². The van der Waals surface area contributed by atoms with E-state index >= 15 is 0 Å². The van der Waals surface area contributed by atoms with E-state index in [1.54, 1.807) is 0 Å². The lowest BCUT2D eigenvalue weighted by Crippen LogP contribution is -2.06. The van der Waals surface area contributed by atoms with Crippen LogP contribution in [0.3, 0.4) is 0 Å². The Morgan fingerprint density at radius 1 is 1.25 bits per heavy atom. The number of allylic oxidation sites excluding steroid dienone is 4. The Labute approximate surface area is 80.1 Å². The van der Waals surface area contributed by atoms with E-state index in [9.17, 15) is 0 Å². The highest BCUT2D eigenvalue weighted by molar-refractivity contribution is 8.03. The summed E-state index contributed by atoms with van der Waals surface area (Å²) in [6.07, 6.45) is 5.79. The predicted molar refractivity (Wildman–Crippen MR) is 58.4 cm³/mol. The maximum atomic E-state index is 2.28. The van der Waals surface area contributed by atoms with Crippen molar-refractivity contribution in [1.29, 1.82) is 0 Å². The molecule has 0 aromatic rings. The molecule has 0 bridgehead atoms. The van der Waals surface area contributed by atoms with Crippen LogP contribution < -0.4 is 0 Å². The van der Waals surface area contributed by atoms with Gasteiger partial charge in [0.2, 0.25) is 0 Å². The molecule has 0 atom stereocenters. The number of thioether (sulfide) groups is 1. The molecule has 1 aliphatic heterocycles. The lowest BCUT2D eigenvalue weighted by Gasteiger charge is -2.21. The number of hydrogen-bond acceptors (Lipinski definition) is 1. The summed E-state index contributed by atoms with van der Waals surface area (Å²) in [4.78, 5) is 1.51. The lowest BCUT2D eigenvalue weighted by atomic mass is 9.95. The molecule has 0 unspecified atom stereocenters. The molecule has 0 fully saturated rings. The normalized spacial score (nSPS) is 19.7. The van der Waals surface area contributed by atoms with Gasteiger partial charge in [0.05, 0.1) is 0 Å². The molecule has 1 aliphatic rings. The van der Waals surface area contributed by atoms with Crippen LogP contribution in [-0.2, 0) is 0 Å². The Bertz CT molecular complexity index is 216. The van der Waals surface area contributed by atoms with Gasteiger partial charge in [-0.2, -0.15) is 0 Å². The Kier molecular flexibility index (Phi) is 3.05. The Balaban J connectivity index is 2.79. The summed E-state index contributed by atoms with van der Waals surface area (Å²) in [5.41, 5.74) is 1.83. The van der Waals surface area contributed by atoms with Crippen molar-refractivity contribution >= 4 is 11.8 Å². The van der Waals surface area contributed by atoms with Crippen LogP contribution in [-0.4, -0.2) is 5.75 Å². The van der Waals surface area contributed by atoms with Gasteiger partial charge in [-0.25, -0.2) is 0 Å². The van der Waals surface area contributed by atoms with Gasteiger partial charge in [0.1, 0.15) is 0 Å². The summed E-state index contributed by atoms with van der Waals surface area (Å²) in [5.74, 6) is 1.24. The van der Waals surface area contributed by atoms with E-state index in [0.717, 1.165) is 0 Å². The first-order chi connectivity index (χ1) is 5.50. The van der Waals surface area contributed by atoms with Crippen LogP contribution in [0.1, 0.15) is 34.1 Å². The third-order valence-corrected chi connectivity index (χ3v) is 3.48. The summed E-state index contributed by atoms with van der Waals surface area (Å²) >= 11 is 2.00. The van der Waals surface area contributed by atoms with E-state index in [0.29, 0.717) is 5.41 Å². The van der Waals surface area contributed by atoms with Crippen molar-refractivity contribution in [1.82, 2.24) is 0 Å². The fourth-order valence-electron chi connectivity index (χ4n) is 1.14. The van der Waals surface area contributed by atoms with Crippen molar-refractivity contribution in [3.05, 3.63) is 22.6 Å². The molecule has 12 heavy (non-hydrogen) atoms. The SMILES string of the molecule is CC1=CC=C(C(C)(C)C)SCC1. The van der Waals surface area contributed by atoms with Crippen LogP contribution in [0.15, 0.2) is 22.6 Å². The average molecular weight is 182 g/mol. The van der Waals surface area contributed by atoms with E-state index in [4.69, 9.17) is 0 Å². The molecule has 1 heteroatoms. The molecule has 0 nitrogen and oxygen atoms in total. The molecule has 0 aromatic carbocycles. The molecule has 0 radical (unpaired) electrons. The average Bonchev–Trinajstić information content (AvgIpc) is 2.11. The summed E-state index contributed by atoms with van der Waals surface area (Å²) < 4.78 is 0. The van der Waals surface area contributed by atoms with E-state index < -0.39 is 0 Å². The molecule has 1 rings (SSSR count). The smallest absolute Gasteiger partial charge is 0.00143 e. The van der Waals surface area contributed by atoms with Gasteiger partial charge < -0.3 is 0 Å². The second-order valence-corrected chi connectivity index (χ2v) is 5.53. The van der Waals surface area contributed by atoms with Gasteiger partial charge >= 0.3 is 0 Å². The fourth-order valence-corrected chi connectivity index (χ4v) is 2.38. The van der Waals surface area contributed by atoms with Gasteiger partial charge in [-0.1, -0.05) is 38.5 Å². The first-order valence-electron chi connectivity index (χ1n) is 4.51. The van der Waals surface area contributed by atoms with E-state index in [-0.39, 0.29) is 0 Å². The number of rotatable bonds is 0. The zero-order valence-corrected chi connectivity index (χ0v) is 9.29. The Morgan fingerprint density at radius 2 is 1.92 bits per heavy atom. The Morgan fingerprint density at radius 3 is 2.50 bits per heavy atom. The van der Waals surface area contributed by atoms with Gasteiger partial charge in [-0.05, 0) is 23.7 Å². The van der Waals surface area contributed by atoms with Crippen LogP contribution in [0.2, 0.25) is 0 Å². The van der Waals surface area contributed by atoms with Crippen molar-refractivity contribution in [3.63, 3.8) is 0 Å². The maximum Gasteiger partial charge on any atom is 0.00143 e. The predicted octanol–water partition coefficient (Wildman–Crippen LogP) is 4.00. The zero-order valence-electron chi connectivity index (χ0n) is 8.48. The van der Waals surface area contributed by atoms with E-state index in [2.05, 4.69) is 39.8 Å². The van der Waals surface area contributed by atoms with Crippen LogP contribution >= 0.6 is 11.8 Å². The van der Waals surface area contributed by atoms with Crippen molar-refractivity contribution in [2.75, 3.05) is 5.75 Å². The van der Waals surface area contributed by atoms with Crippen molar-refractivity contribution in [3.8, 4) is 0 Å². The highest BCUT2D eigenvalue weighted by Crippen LogP contribution is 2.36. The van der Waals surface area contributed by atoms with E-state index in [1.165, 1.54) is 22.7 Å². The highest BCUT2D eigenvalue weighted by atomic mass is 32.2. The minimum absolute atomic E-state index is 0.325. The first kappa shape index (κ1) is 9.91. The summed E-state index contributed by atoms with van der Waals surface area (Å²) in [6.45, 7) is 9.05. The van der Waals surface area contributed by atoms with Gasteiger partial charge in [0.15, 0.2) is 0 Å². The molecular formula is C11H18S. The number of hydrogen-bond donors (Lipinski definition) is 0. The zero-order chi connectivity index (χ0) is 9.19. The van der Waals surface area contributed by atoms with Crippen molar-refractivity contribution in [2.24, 2.45) is 5.41 Å². The third kappa shape index (κ3) is 2.71. The molecule has 68 valence electrons. The van der Waals surface area contributed by atoms with E-state index in [1.807, 2.05) is 11.8 Å². The highest BCUT2D eigenvalue weighted by Gasteiger charge is 2.17. The summed E-state index contributed by atoms with van der Waals surface area (Å²) in [6, 6.07) is 0. The molecule has 0 aromatic heterocycles. The summed E-state index contributed by atoms with van der Waals surface area (Å²) in [5, 5.41) is 0. The summed E-state index contributed by atoms with van der Waals surface area (Å²) in [7, 11) is 0. The largest absolute Gasteiger partial charge is 0.130 e. The molecular weight excluding hydrogens is 164 g/mol. The van der Waals surface area contributed by atoms with Gasteiger partial charge in [-0.3, -0.25) is 0 Å². The molecule has 0 N–H and O–H groups in total.